The Morgan fingerprint density at radius 1 is 1.25 bits per heavy atom. The molecule has 1 atom stereocenters. The molecule has 0 aliphatic carbocycles. The first kappa shape index (κ1) is 15.8. The van der Waals surface area contributed by atoms with Crippen LogP contribution in [0.1, 0.15) is 12.5 Å². The lowest BCUT2D eigenvalue weighted by Gasteiger charge is -2.13. The molecule has 0 saturated heterocycles. The third kappa shape index (κ3) is 4.46. The summed E-state index contributed by atoms with van der Waals surface area (Å²) in [6.45, 7) is 1.38. The molecule has 0 fully saturated rings. The Bertz CT molecular complexity index is 486. The number of amides is 1. The summed E-state index contributed by atoms with van der Waals surface area (Å²) in [5.41, 5.74) is 0.917. The van der Waals surface area contributed by atoms with Crippen molar-refractivity contribution in [2.75, 3.05) is 20.8 Å². The predicted molar refractivity (Wildman–Crippen MR) is 73.1 cm³/mol. The van der Waals surface area contributed by atoms with Gasteiger partial charge in [0.25, 0.3) is 0 Å². The molecule has 6 nitrogen and oxygen atoms in total. The molecule has 0 aliphatic heterocycles. The fourth-order valence-corrected chi connectivity index (χ4v) is 1.79. The predicted octanol–water partition coefficient (Wildman–Crippen LogP) is 1.08. The maximum Gasteiger partial charge on any atom is 0.322 e. The molecule has 1 amide bonds. The second-order valence-corrected chi connectivity index (χ2v) is 4.41. The molecule has 0 aliphatic rings. The van der Waals surface area contributed by atoms with Crippen LogP contribution in [0.4, 0.5) is 0 Å². The van der Waals surface area contributed by atoms with Crippen molar-refractivity contribution in [3.8, 4) is 11.5 Å². The lowest BCUT2D eigenvalue weighted by Crippen LogP contribution is -2.34. The maximum atomic E-state index is 11.7. The van der Waals surface area contributed by atoms with E-state index in [9.17, 15) is 9.59 Å². The number of carboxylic acids is 1. The molecule has 1 unspecified atom stereocenters. The SMILES string of the molecule is COc1ccc(CC(C)C(=O)NCC(=O)O)cc1OC. The second-order valence-electron chi connectivity index (χ2n) is 4.41. The van der Waals surface area contributed by atoms with E-state index in [4.69, 9.17) is 14.6 Å². The minimum Gasteiger partial charge on any atom is -0.493 e. The van der Waals surface area contributed by atoms with E-state index in [2.05, 4.69) is 5.32 Å². The second kappa shape index (κ2) is 7.37. The third-order valence-electron chi connectivity index (χ3n) is 2.85. The summed E-state index contributed by atoms with van der Waals surface area (Å²) < 4.78 is 10.3. The van der Waals surface area contributed by atoms with Crippen molar-refractivity contribution in [2.24, 2.45) is 5.92 Å². The summed E-state index contributed by atoms with van der Waals surface area (Å²) >= 11 is 0. The summed E-state index contributed by atoms with van der Waals surface area (Å²) in [7, 11) is 3.10. The number of carbonyl (C=O) groups excluding carboxylic acids is 1. The lowest BCUT2D eigenvalue weighted by atomic mass is 10.00. The molecule has 0 spiro atoms. The van der Waals surface area contributed by atoms with Gasteiger partial charge in [-0.2, -0.15) is 0 Å². The molecule has 0 radical (unpaired) electrons. The first-order valence-electron chi connectivity index (χ1n) is 6.18. The van der Waals surface area contributed by atoms with Gasteiger partial charge in [0, 0.05) is 5.92 Å². The van der Waals surface area contributed by atoms with Gasteiger partial charge in [-0.15, -0.1) is 0 Å². The summed E-state index contributed by atoms with van der Waals surface area (Å²) in [5.74, 6) is -0.450. The topological polar surface area (TPSA) is 84.9 Å². The zero-order chi connectivity index (χ0) is 15.1. The molecule has 6 heteroatoms. The van der Waals surface area contributed by atoms with Crippen LogP contribution in [-0.4, -0.2) is 37.7 Å². The highest BCUT2D eigenvalue weighted by atomic mass is 16.5. The number of hydrogen-bond acceptors (Lipinski definition) is 4. The largest absolute Gasteiger partial charge is 0.493 e. The van der Waals surface area contributed by atoms with E-state index in [0.717, 1.165) is 5.56 Å². The fraction of sp³-hybridized carbons (Fsp3) is 0.429. The van der Waals surface area contributed by atoms with E-state index in [-0.39, 0.29) is 18.4 Å². The van der Waals surface area contributed by atoms with E-state index >= 15 is 0 Å². The Balaban J connectivity index is 2.68. The Morgan fingerprint density at radius 3 is 2.45 bits per heavy atom. The molecule has 0 saturated carbocycles. The minimum absolute atomic E-state index is 0.290. The molecule has 2 N–H and O–H groups in total. The van der Waals surface area contributed by atoms with Gasteiger partial charge in [0.15, 0.2) is 11.5 Å². The number of methoxy groups -OCH3 is 2. The van der Waals surface area contributed by atoms with E-state index in [1.165, 1.54) is 0 Å². The van der Waals surface area contributed by atoms with Gasteiger partial charge in [-0.3, -0.25) is 9.59 Å². The van der Waals surface area contributed by atoms with Gasteiger partial charge in [-0.05, 0) is 24.1 Å². The van der Waals surface area contributed by atoms with Gasteiger partial charge in [0.1, 0.15) is 6.54 Å². The average molecular weight is 281 g/mol. The molecule has 110 valence electrons. The summed E-state index contributed by atoms with van der Waals surface area (Å²) in [5, 5.41) is 10.9. The number of carboxylic acid groups (broad SMARTS) is 1. The van der Waals surface area contributed by atoms with Crippen molar-refractivity contribution in [3.05, 3.63) is 23.8 Å². The molecular formula is C14H19NO5. The first-order chi connectivity index (χ1) is 9.47. The number of ether oxygens (including phenoxy) is 2. The molecule has 0 heterocycles. The summed E-state index contributed by atoms with van der Waals surface area (Å²) in [6.07, 6.45) is 0.492. The van der Waals surface area contributed by atoms with Crippen molar-refractivity contribution in [1.82, 2.24) is 5.32 Å². The zero-order valence-electron chi connectivity index (χ0n) is 11.8. The number of nitrogens with one attached hydrogen (secondary N) is 1. The zero-order valence-corrected chi connectivity index (χ0v) is 11.8. The standard InChI is InChI=1S/C14H19NO5/c1-9(14(18)15-8-13(16)17)6-10-4-5-11(19-2)12(7-10)20-3/h4-5,7,9H,6,8H2,1-3H3,(H,15,18)(H,16,17). The maximum absolute atomic E-state index is 11.7. The fourth-order valence-electron chi connectivity index (χ4n) is 1.79. The van der Waals surface area contributed by atoms with Crippen LogP contribution < -0.4 is 14.8 Å². The van der Waals surface area contributed by atoms with Crippen LogP contribution in [0.2, 0.25) is 0 Å². The van der Waals surface area contributed by atoms with Crippen molar-refractivity contribution >= 4 is 11.9 Å². The van der Waals surface area contributed by atoms with Crippen molar-refractivity contribution < 1.29 is 24.2 Å². The molecular weight excluding hydrogens is 262 g/mol. The molecule has 1 rings (SSSR count). The van der Waals surface area contributed by atoms with E-state index in [0.29, 0.717) is 17.9 Å². The van der Waals surface area contributed by atoms with Crippen LogP contribution in [0.3, 0.4) is 0 Å². The van der Waals surface area contributed by atoms with Crippen molar-refractivity contribution in [2.45, 2.75) is 13.3 Å². The van der Waals surface area contributed by atoms with Crippen LogP contribution in [0, 0.1) is 5.92 Å². The monoisotopic (exact) mass is 281 g/mol. The Morgan fingerprint density at radius 2 is 1.90 bits per heavy atom. The number of aliphatic carboxylic acids is 1. The Hall–Kier alpha value is -2.24. The van der Waals surface area contributed by atoms with Gasteiger partial charge in [-0.25, -0.2) is 0 Å². The highest BCUT2D eigenvalue weighted by molar-refractivity contribution is 5.82. The van der Waals surface area contributed by atoms with Crippen LogP contribution in [-0.2, 0) is 16.0 Å². The summed E-state index contributed by atoms with van der Waals surface area (Å²) in [6, 6.07) is 5.43. The Kier molecular flexibility index (Phi) is 5.83. The van der Waals surface area contributed by atoms with Gasteiger partial charge < -0.3 is 19.9 Å². The van der Waals surface area contributed by atoms with Crippen molar-refractivity contribution in [1.29, 1.82) is 0 Å². The van der Waals surface area contributed by atoms with Crippen molar-refractivity contribution in [3.63, 3.8) is 0 Å². The van der Waals surface area contributed by atoms with Gasteiger partial charge >= 0.3 is 5.97 Å². The van der Waals surface area contributed by atoms with Gasteiger partial charge in [0.05, 0.1) is 14.2 Å². The molecule has 0 bridgehead atoms. The number of carbonyl (C=O) groups is 2. The average Bonchev–Trinajstić information content (AvgIpc) is 2.44. The molecule has 1 aromatic rings. The third-order valence-corrected chi connectivity index (χ3v) is 2.85. The van der Waals surface area contributed by atoms with E-state index in [1.807, 2.05) is 6.07 Å². The van der Waals surface area contributed by atoms with Crippen LogP contribution in [0.15, 0.2) is 18.2 Å². The smallest absolute Gasteiger partial charge is 0.322 e. The van der Waals surface area contributed by atoms with E-state index in [1.54, 1.807) is 33.3 Å². The van der Waals surface area contributed by atoms with E-state index < -0.39 is 5.97 Å². The normalized spacial score (nSPS) is 11.6. The quantitative estimate of drug-likeness (QED) is 0.781. The van der Waals surface area contributed by atoms with Gasteiger partial charge in [-0.1, -0.05) is 13.0 Å². The minimum atomic E-state index is -1.06. The molecule has 20 heavy (non-hydrogen) atoms. The van der Waals surface area contributed by atoms with Crippen LogP contribution >= 0.6 is 0 Å². The van der Waals surface area contributed by atoms with Crippen LogP contribution in [0.5, 0.6) is 11.5 Å². The molecule has 0 aromatic heterocycles. The summed E-state index contributed by atoms with van der Waals surface area (Å²) in [4.78, 5) is 22.1. The highest BCUT2D eigenvalue weighted by Gasteiger charge is 2.15. The van der Waals surface area contributed by atoms with Gasteiger partial charge in [0.2, 0.25) is 5.91 Å². The number of benzene rings is 1. The molecule has 1 aromatic carbocycles. The van der Waals surface area contributed by atoms with Crippen LogP contribution in [0.25, 0.3) is 0 Å². The number of rotatable bonds is 7. The lowest BCUT2D eigenvalue weighted by molar-refractivity contribution is -0.138. The highest BCUT2D eigenvalue weighted by Crippen LogP contribution is 2.28. The first-order valence-corrected chi connectivity index (χ1v) is 6.18. The Labute approximate surface area is 117 Å². The number of hydrogen-bond donors (Lipinski definition) is 2.